The number of carbonyl (C=O) groups is 2. The third-order valence-corrected chi connectivity index (χ3v) is 9.08. The molecule has 6 heterocycles. The van der Waals surface area contributed by atoms with Crippen molar-refractivity contribution in [3.05, 3.63) is 113 Å². The molecule has 9 nitrogen and oxygen atoms in total. The number of aromatic nitrogens is 5. The van der Waals surface area contributed by atoms with Crippen LogP contribution in [-0.4, -0.2) is 48.4 Å². The number of amides is 1. The van der Waals surface area contributed by atoms with Gasteiger partial charge in [-0.05, 0) is 50.2 Å². The van der Waals surface area contributed by atoms with Crippen molar-refractivity contribution in [2.24, 2.45) is 4.99 Å². The Morgan fingerprint density at radius 2 is 1.68 bits per heavy atom. The average Bonchev–Trinajstić information content (AvgIpc) is 3.71. The number of imidazole rings is 1. The molecule has 1 aliphatic rings. The first-order chi connectivity index (χ1) is 21.4. The summed E-state index contributed by atoms with van der Waals surface area (Å²) >= 11 is 1.43. The molecule has 7 rings (SSSR count). The Balaban J connectivity index is 1.27. The maximum Gasteiger partial charge on any atom is 0.255 e. The van der Waals surface area contributed by atoms with Gasteiger partial charge in [0, 0.05) is 57.2 Å². The highest BCUT2D eigenvalue weighted by Crippen LogP contribution is 2.36. The van der Waals surface area contributed by atoms with Gasteiger partial charge in [-0.25, -0.2) is 4.98 Å². The lowest BCUT2D eigenvalue weighted by Gasteiger charge is -2.26. The molecule has 1 aliphatic heterocycles. The minimum atomic E-state index is -0.204. The molecular weight excluding hydrogens is 570 g/mol. The Hall–Kier alpha value is -5.35. The zero-order valence-electron chi connectivity index (χ0n) is 24.2. The highest BCUT2D eigenvalue weighted by molar-refractivity contribution is 7.17. The number of aliphatic imine (C=N–C) groups is 1. The van der Waals surface area contributed by atoms with E-state index in [0.717, 1.165) is 49.6 Å². The fraction of sp³-hybridized carbons (Fsp3) is 0.147. The Morgan fingerprint density at radius 1 is 0.886 bits per heavy atom. The predicted molar refractivity (Wildman–Crippen MR) is 173 cm³/mol. The SMILES string of the molecule is CC(=O)c1ccc(-c2cncc3[nH]c(C4=NC(C)C(C)c5ncc(-c6cncc(NC(=O)c7ccccc7)c6)cc54)nc23)s1. The number of aromatic amines is 1. The van der Waals surface area contributed by atoms with Crippen molar-refractivity contribution in [1.82, 2.24) is 24.9 Å². The molecule has 44 heavy (non-hydrogen) atoms. The van der Waals surface area contributed by atoms with E-state index in [9.17, 15) is 9.59 Å². The van der Waals surface area contributed by atoms with Gasteiger partial charge in [0.05, 0.1) is 40.2 Å². The minimum absolute atomic E-state index is 0.00438. The van der Waals surface area contributed by atoms with Crippen LogP contribution in [0, 0.1) is 0 Å². The number of anilines is 1. The molecule has 0 radical (unpaired) electrons. The molecular formula is C34H27N7O2S. The van der Waals surface area contributed by atoms with Gasteiger partial charge in [-0.15, -0.1) is 11.3 Å². The molecule has 0 aliphatic carbocycles. The summed E-state index contributed by atoms with van der Waals surface area (Å²) in [7, 11) is 0. The number of benzene rings is 1. The van der Waals surface area contributed by atoms with E-state index in [4.69, 9.17) is 15.0 Å². The number of nitrogens with one attached hydrogen (secondary N) is 2. The zero-order valence-corrected chi connectivity index (χ0v) is 25.0. The van der Waals surface area contributed by atoms with Gasteiger partial charge >= 0.3 is 0 Å². The highest BCUT2D eigenvalue weighted by atomic mass is 32.1. The number of fused-ring (bicyclic) bond motifs is 2. The second-order valence-electron chi connectivity index (χ2n) is 10.8. The zero-order chi connectivity index (χ0) is 30.4. The van der Waals surface area contributed by atoms with Gasteiger partial charge in [0.1, 0.15) is 11.2 Å². The van der Waals surface area contributed by atoms with Gasteiger partial charge in [0.15, 0.2) is 11.6 Å². The monoisotopic (exact) mass is 597 g/mol. The highest BCUT2D eigenvalue weighted by Gasteiger charge is 2.29. The Morgan fingerprint density at radius 3 is 2.48 bits per heavy atom. The molecule has 10 heteroatoms. The quantitative estimate of drug-likeness (QED) is 0.200. The van der Waals surface area contributed by atoms with E-state index in [1.54, 1.807) is 43.8 Å². The van der Waals surface area contributed by atoms with E-state index < -0.39 is 0 Å². The van der Waals surface area contributed by atoms with Crippen LogP contribution in [0.25, 0.3) is 32.6 Å². The molecule has 0 spiro atoms. The summed E-state index contributed by atoms with van der Waals surface area (Å²) in [6.07, 6.45) is 8.75. The lowest BCUT2D eigenvalue weighted by atomic mass is 9.88. The van der Waals surface area contributed by atoms with Crippen LogP contribution in [0.1, 0.15) is 63.8 Å². The number of pyridine rings is 3. The van der Waals surface area contributed by atoms with Crippen molar-refractivity contribution >= 4 is 45.5 Å². The van der Waals surface area contributed by atoms with Gasteiger partial charge in [0.2, 0.25) is 0 Å². The van der Waals surface area contributed by atoms with Crippen molar-refractivity contribution in [2.45, 2.75) is 32.7 Å². The second kappa shape index (κ2) is 11.1. The van der Waals surface area contributed by atoms with Crippen molar-refractivity contribution in [2.75, 3.05) is 5.32 Å². The van der Waals surface area contributed by atoms with Gasteiger partial charge < -0.3 is 10.3 Å². The summed E-state index contributed by atoms with van der Waals surface area (Å²) in [5, 5.41) is 2.94. The number of H-pyrrole nitrogens is 1. The van der Waals surface area contributed by atoms with Gasteiger partial charge in [-0.3, -0.25) is 29.5 Å². The molecule has 1 aromatic carbocycles. The number of thiophene rings is 1. The first-order valence-corrected chi connectivity index (χ1v) is 15.0. The molecule has 0 bridgehead atoms. The van der Waals surface area contributed by atoms with E-state index in [2.05, 4.69) is 40.2 Å². The van der Waals surface area contributed by atoms with Gasteiger partial charge in [-0.2, -0.15) is 0 Å². The number of hydrogen-bond donors (Lipinski definition) is 2. The molecule has 2 atom stereocenters. The van der Waals surface area contributed by atoms with Crippen molar-refractivity contribution < 1.29 is 9.59 Å². The van der Waals surface area contributed by atoms with Crippen LogP contribution in [0.15, 0.2) is 90.6 Å². The summed E-state index contributed by atoms with van der Waals surface area (Å²) in [6.45, 7) is 5.77. The van der Waals surface area contributed by atoms with Crippen LogP contribution in [0.3, 0.4) is 0 Å². The van der Waals surface area contributed by atoms with Crippen LogP contribution < -0.4 is 5.32 Å². The Labute approximate surface area is 257 Å². The van der Waals surface area contributed by atoms with Crippen molar-refractivity contribution in [3.8, 4) is 21.6 Å². The van der Waals surface area contributed by atoms with E-state index in [-0.39, 0.29) is 23.7 Å². The predicted octanol–water partition coefficient (Wildman–Crippen LogP) is 6.94. The molecule has 0 fully saturated rings. The smallest absolute Gasteiger partial charge is 0.255 e. The minimum Gasteiger partial charge on any atom is -0.335 e. The van der Waals surface area contributed by atoms with E-state index in [1.165, 1.54) is 11.3 Å². The van der Waals surface area contributed by atoms with Gasteiger partial charge in [-0.1, -0.05) is 25.1 Å². The molecule has 2 unspecified atom stereocenters. The number of rotatable bonds is 6. The summed E-state index contributed by atoms with van der Waals surface area (Å²) in [5.74, 6) is 0.556. The molecule has 6 aromatic rings. The lowest BCUT2D eigenvalue weighted by Crippen LogP contribution is -2.25. The molecule has 0 saturated carbocycles. The van der Waals surface area contributed by atoms with Crippen molar-refractivity contribution in [3.63, 3.8) is 0 Å². The topological polar surface area (TPSA) is 126 Å². The molecule has 0 saturated heterocycles. The second-order valence-corrected chi connectivity index (χ2v) is 11.9. The summed E-state index contributed by atoms with van der Waals surface area (Å²) in [6, 6.07) is 16.8. The molecule has 1 amide bonds. The largest absolute Gasteiger partial charge is 0.335 e. The summed E-state index contributed by atoms with van der Waals surface area (Å²) < 4.78 is 0. The summed E-state index contributed by atoms with van der Waals surface area (Å²) in [4.78, 5) is 53.5. The van der Waals surface area contributed by atoms with E-state index in [1.807, 2.05) is 42.6 Å². The molecule has 216 valence electrons. The third-order valence-electron chi connectivity index (χ3n) is 7.86. The average molecular weight is 598 g/mol. The third kappa shape index (κ3) is 4.99. The van der Waals surface area contributed by atoms with Crippen molar-refractivity contribution in [1.29, 1.82) is 0 Å². The fourth-order valence-electron chi connectivity index (χ4n) is 5.34. The Kier molecular flexibility index (Phi) is 6.90. The first-order valence-electron chi connectivity index (χ1n) is 14.2. The van der Waals surface area contributed by atoms with Crippen LogP contribution in [-0.2, 0) is 0 Å². The maximum absolute atomic E-state index is 12.7. The number of carbonyl (C=O) groups excluding carboxylic acids is 2. The van der Waals surface area contributed by atoms with Crippen LogP contribution in [0.5, 0.6) is 0 Å². The van der Waals surface area contributed by atoms with Crippen LogP contribution >= 0.6 is 11.3 Å². The van der Waals surface area contributed by atoms with Crippen LogP contribution in [0.2, 0.25) is 0 Å². The number of hydrogen-bond acceptors (Lipinski definition) is 8. The Bertz CT molecular complexity index is 2100. The van der Waals surface area contributed by atoms with Crippen LogP contribution in [0.4, 0.5) is 5.69 Å². The molecule has 2 N–H and O–H groups in total. The van der Waals surface area contributed by atoms with Gasteiger partial charge in [0.25, 0.3) is 5.91 Å². The summed E-state index contributed by atoms with van der Waals surface area (Å²) in [5.41, 5.74) is 7.75. The lowest BCUT2D eigenvalue weighted by molar-refractivity contribution is 0.101. The maximum atomic E-state index is 12.7. The standard InChI is InChI=1S/C34H27N7O2S/c1-18-19(2)38-32(33-40-27-17-36-16-26(31(27)41-33)29-10-9-28(44-29)20(3)42)25-12-23(14-37-30(18)25)22-11-24(15-35-13-22)39-34(43)21-7-5-4-6-8-21/h4-19H,1-3H3,(H,39,43)(H,40,41). The first kappa shape index (κ1) is 27.5. The number of Topliss-reactive ketones (excluding diaryl/α,β-unsaturated/α-hetero) is 1. The van der Waals surface area contributed by atoms with E-state index in [0.29, 0.717) is 22.0 Å². The number of ketones is 1. The fourth-order valence-corrected chi connectivity index (χ4v) is 6.26. The normalized spacial score (nSPS) is 15.9. The number of nitrogens with zero attached hydrogens (tertiary/aromatic N) is 5. The van der Waals surface area contributed by atoms with E-state index >= 15 is 0 Å². The molecule has 5 aromatic heterocycles.